The zero-order valence-electron chi connectivity index (χ0n) is 43.9. The lowest BCUT2D eigenvalue weighted by molar-refractivity contribution is -0.167. The van der Waals surface area contributed by atoms with Gasteiger partial charge in [-0.3, -0.25) is 14.4 Å². The van der Waals surface area contributed by atoms with Crippen molar-refractivity contribution in [2.24, 2.45) is 0 Å². The SMILES string of the molecule is CC/C=C\C/C=C\C/C=C\C/C=C\CCCCCCCCCCCCCCC(=O)OCC(COC(=O)CCCCCCC)OC(=O)CCCCCCCC/C=C\C/C=C\C/C=C\CCCCC. The van der Waals surface area contributed by atoms with Crippen LogP contribution in [0.5, 0.6) is 0 Å². The molecule has 0 aromatic heterocycles. The van der Waals surface area contributed by atoms with Gasteiger partial charge in [0.2, 0.25) is 0 Å². The molecule has 0 aromatic carbocycles. The summed E-state index contributed by atoms with van der Waals surface area (Å²) in [6, 6.07) is 0. The standard InChI is InChI=1S/C61H104O6/c1-4-7-10-13-15-17-19-21-23-25-27-28-29-30-31-32-34-35-37-39-41-43-45-48-51-54-60(63)66-57-58(56-65-59(62)53-50-47-12-9-6-3)67-61(64)55-52-49-46-44-42-40-38-36-33-26-24-22-20-18-16-14-11-8-5-2/h7,10,15-18,21-24,27-28,33,36,58H,4-6,8-9,11-14,19-20,25-26,29-32,34-35,37-57H2,1-3H3/b10-7-,17-15-,18-16-,23-21-,24-22-,28-27-,36-33-. The van der Waals surface area contributed by atoms with Crippen LogP contribution >= 0.6 is 0 Å². The molecule has 67 heavy (non-hydrogen) atoms. The Hall–Kier alpha value is -3.41. The molecule has 6 heteroatoms. The topological polar surface area (TPSA) is 78.9 Å². The summed E-state index contributed by atoms with van der Waals surface area (Å²) in [7, 11) is 0. The van der Waals surface area contributed by atoms with E-state index in [2.05, 4.69) is 106 Å². The molecule has 0 saturated carbocycles. The third-order valence-electron chi connectivity index (χ3n) is 11.9. The number of carbonyl (C=O) groups excluding carboxylic acids is 3. The average Bonchev–Trinajstić information content (AvgIpc) is 3.33. The molecule has 0 rings (SSSR count). The maximum absolute atomic E-state index is 12.8. The minimum atomic E-state index is -0.780. The van der Waals surface area contributed by atoms with Gasteiger partial charge in [-0.25, -0.2) is 0 Å². The Bertz CT molecular complexity index is 1300. The van der Waals surface area contributed by atoms with Crippen LogP contribution in [-0.4, -0.2) is 37.2 Å². The first-order chi connectivity index (χ1) is 33.0. The molecule has 0 aromatic rings. The van der Waals surface area contributed by atoms with Crippen LogP contribution < -0.4 is 0 Å². The van der Waals surface area contributed by atoms with E-state index < -0.39 is 6.10 Å². The second-order valence-electron chi connectivity index (χ2n) is 18.5. The van der Waals surface area contributed by atoms with Gasteiger partial charge >= 0.3 is 17.9 Å². The van der Waals surface area contributed by atoms with Crippen LogP contribution in [0.4, 0.5) is 0 Å². The largest absolute Gasteiger partial charge is 0.462 e. The number of esters is 3. The Morgan fingerprint density at radius 3 is 0.940 bits per heavy atom. The van der Waals surface area contributed by atoms with Gasteiger partial charge in [-0.1, -0.05) is 234 Å². The smallest absolute Gasteiger partial charge is 0.306 e. The summed E-state index contributed by atoms with van der Waals surface area (Å²) in [6.07, 6.45) is 71.8. The first-order valence-corrected chi connectivity index (χ1v) is 28.1. The summed E-state index contributed by atoms with van der Waals surface area (Å²) < 4.78 is 16.7. The molecule has 0 bridgehead atoms. The predicted octanol–water partition coefficient (Wildman–Crippen LogP) is 18.8. The van der Waals surface area contributed by atoms with Gasteiger partial charge in [-0.15, -0.1) is 0 Å². The van der Waals surface area contributed by atoms with E-state index in [1.807, 2.05) is 0 Å². The Morgan fingerprint density at radius 2 is 0.582 bits per heavy atom. The van der Waals surface area contributed by atoms with Gasteiger partial charge in [-0.2, -0.15) is 0 Å². The van der Waals surface area contributed by atoms with Crippen LogP contribution in [0.2, 0.25) is 0 Å². The third-order valence-corrected chi connectivity index (χ3v) is 11.9. The van der Waals surface area contributed by atoms with Crippen molar-refractivity contribution in [2.75, 3.05) is 13.2 Å². The van der Waals surface area contributed by atoms with Crippen molar-refractivity contribution in [1.82, 2.24) is 0 Å². The van der Waals surface area contributed by atoms with Crippen LogP contribution in [0.25, 0.3) is 0 Å². The lowest BCUT2D eigenvalue weighted by Gasteiger charge is -2.18. The molecular formula is C61H104O6. The third kappa shape index (κ3) is 53.4. The number of allylic oxidation sites excluding steroid dienone is 14. The molecule has 1 atom stereocenters. The highest BCUT2D eigenvalue weighted by Gasteiger charge is 2.19. The van der Waals surface area contributed by atoms with Crippen molar-refractivity contribution in [2.45, 2.75) is 271 Å². The quantitative estimate of drug-likeness (QED) is 0.0262. The van der Waals surface area contributed by atoms with E-state index in [9.17, 15) is 14.4 Å². The van der Waals surface area contributed by atoms with Crippen molar-refractivity contribution in [3.8, 4) is 0 Å². The Kier molecular flexibility index (Phi) is 52.4. The van der Waals surface area contributed by atoms with E-state index >= 15 is 0 Å². The molecule has 0 aliphatic heterocycles. The van der Waals surface area contributed by atoms with Gasteiger partial charge in [0.1, 0.15) is 13.2 Å². The molecule has 6 nitrogen and oxygen atoms in total. The maximum atomic E-state index is 12.8. The Morgan fingerprint density at radius 1 is 0.313 bits per heavy atom. The highest BCUT2D eigenvalue weighted by atomic mass is 16.6. The first-order valence-electron chi connectivity index (χ1n) is 28.1. The van der Waals surface area contributed by atoms with Crippen LogP contribution in [0.15, 0.2) is 85.1 Å². The molecule has 0 radical (unpaired) electrons. The number of unbranched alkanes of at least 4 members (excludes halogenated alkanes) is 25. The average molecular weight is 933 g/mol. The fourth-order valence-electron chi connectivity index (χ4n) is 7.68. The molecule has 0 amide bonds. The number of hydrogen-bond acceptors (Lipinski definition) is 6. The number of rotatable bonds is 50. The van der Waals surface area contributed by atoms with Crippen molar-refractivity contribution in [1.29, 1.82) is 0 Å². The zero-order valence-corrected chi connectivity index (χ0v) is 43.9. The fourth-order valence-corrected chi connectivity index (χ4v) is 7.68. The molecule has 384 valence electrons. The molecular weight excluding hydrogens is 829 g/mol. The lowest BCUT2D eigenvalue weighted by atomic mass is 10.0. The summed E-state index contributed by atoms with van der Waals surface area (Å²) in [5.41, 5.74) is 0. The molecule has 0 spiro atoms. The van der Waals surface area contributed by atoms with E-state index in [0.717, 1.165) is 116 Å². The van der Waals surface area contributed by atoms with E-state index in [4.69, 9.17) is 14.2 Å². The van der Waals surface area contributed by atoms with Crippen LogP contribution in [-0.2, 0) is 28.6 Å². The second kappa shape index (κ2) is 55.2. The fraction of sp³-hybridized carbons (Fsp3) is 0.721. The van der Waals surface area contributed by atoms with Gasteiger partial charge in [0.15, 0.2) is 6.10 Å². The summed E-state index contributed by atoms with van der Waals surface area (Å²) in [6.45, 7) is 6.41. The number of carbonyl (C=O) groups is 3. The van der Waals surface area contributed by atoms with Gasteiger partial charge in [0, 0.05) is 19.3 Å². The second-order valence-corrected chi connectivity index (χ2v) is 18.5. The van der Waals surface area contributed by atoms with Crippen molar-refractivity contribution < 1.29 is 28.6 Å². The van der Waals surface area contributed by atoms with Crippen molar-refractivity contribution in [3.05, 3.63) is 85.1 Å². The minimum Gasteiger partial charge on any atom is -0.462 e. The van der Waals surface area contributed by atoms with Crippen molar-refractivity contribution >= 4 is 17.9 Å². The normalized spacial score (nSPS) is 12.7. The molecule has 0 aliphatic carbocycles. The molecule has 1 unspecified atom stereocenters. The van der Waals surface area contributed by atoms with E-state index in [1.165, 1.54) is 109 Å². The van der Waals surface area contributed by atoms with Gasteiger partial charge < -0.3 is 14.2 Å². The molecule has 0 fully saturated rings. The van der Waals surface area contributed by atoms with E-state index in [1.54, 1.807) is 0 Å². The van der Waals surface area contributed by atoms with Crippen LogP contribution in [0, 0.1) is 0 Å². The molecule has 0 aliphatic rings. The van der Waals surface area contributed by atoms with Crippen molar-refractivity contribution in [3.63, 3.8) is 0 Å². The maximum Gasteiger partial charge on any atom is 0.306 e. The highest BCUT2D eigenvalue weighted by Crippen LogP contribution is 2.15. The zero-order chi connectivity index (χ0) is 48.6. The molecule has 0 saturated heterocycles. The monoisotopic (exact) mass is 933 g/mol. The summed E-state index contributed by atoms with van der Waals surface area (Å²) >= 11 is 0. The summed E-state index contributed by atoms with van der Waals surface area (Å²) in [4.78, 5) is 37.8. The van der Waals surface area contributed by atoms with Gasteiger partial charge in [0.05, 0.1) is 0 Å². The molecule has 0 heterocycles. The molecule has 0 N–H and O–H groups in total. The van der Waals surface area contributed by atoms with Crippen LogP contribution in [0.3, 0.4) is 0 Å². The van der Waals surface area contributed by atoms with Gasteiger partial charge in [0.25, 0.3) is 0 Å². The van der Waals surface area contributed by atoms with Gasteiger partial charge in [-0.05, 0) is 96.3 Å². The van der Waals surface area contributed by atoms with Crippen LogP contribution in [0.1, 0.15) is 265 Å². The Balaban J connectivity index is 4.12. The Labute approximate surface area is 414 Å². The van der Waals surface area contributed by atoms with E-state index in [0.29, 0.717) is 19.3 Å². The predicted molar refractivity (Wildman–Crippen MR) is 288 cm³/mol. The highest BCUT2D eigenvalue weighted by molar-refractivity contribution is 5.71. The number of ether oxygens (including phenoxy) is 3. The minimum absolute atomic E-state index is 0.0824. The lowest BCUT2D eigenvalue weighted by Crippen LogP contribution is -2.30. The first kappa shape index (κ1) is 63.6. The number of hydrogen-bond donors (Lipinski definition) is 0. The van der Waals surface area contributed by atoms with E-state index in [-0.39, 0.29) is 31.1 Å². The summed E-state index contributed by atoms with van der Waals surface area (Å²) in [5.74, 6) is -0.908. The summed E-state index contributed by atoms with van der Waals surface area (Å²) in [5, 5.41) is 0.